The van der Waals surface area contributed by atoms with E-state index in [0.717, 1.165) is 12.8 Å². The smallest absolute Gasteiger partial charge is 0.237 e. The molecule has 0 radical (unpaired) electrons. The quantitative estimate of drug-likeness (QED) is 0.898. The Labute approximate surface area is 133 Å². The van der Waals surface area contributed by atoms with Crippen LogP contribution in [-0.4, -0.2) is 18.0 Å². The number of aryl methyl sites for hydroxylation is 1. The highest BCUT2D eigenvalue weighted by atomic mass is 35.5. The number of fused-ring (bicyclic) bond motifs is 3. The predicted molar refractivity (Wildman–Crippen MR) is 87.6 cm³/mol. The molecule has 1 aromatic carbocycles. The maximum absolute atomic E-state index is 12.2. The van der Waals surface area contributed by atoms with E-state index in [0.29, 0.717) is 17.9 Å². The van der Waals surface area contributed by atoms with E-state index in [1.165, 1.54) is 17.5 Å². The highest BCUT2D eigenvalue weighted by Gasteiger charge is 2.54. The minimum Gasteiger partial charge on any atom is -0.351 e. The van der Waals surface area contributed by atoms with Gasteiger partial charge in [0.15, 0.2) is 0 Å². The van der Waals surface area contributed by atoms with Crippen LogP contribution in [0.5, 0.6) is 0 Å². The summed E-state index contributed by atoms with van der Waals surface area (Å²) in [4.78, 5) is 12.2. The van der Waals surface area contributed by atoms with Crippen molar-refractivity contribution in [3.63, 3.8) is 0 Å². The van der Waals surface area contributed by atoms with E-state index in [1.54, 1.807) is 0 Å². The Kier molecular flexibility index (Phi) is 4.95. The van der Waals surface area contributed by atoms with Crippen molar-refractivity contribution in [1.82, 2.24) is 5.32 Å². The number of halogens is 1. The molecule has 5 unspecified atom stereocenters. The second-order valence-corrected chi connectivity index (χ2v) is 6.37. The van der Waals surface area contributed by atoms with Crippen LogP contribution in [0.1, 0.15) is 43.7 Å². The number of hydrogen-bond acceptors (Lipinski definition) is 2. The van der Waals surface area contributed by atoms with E-state index in [2.05, 4.69) is 36.5 Å². The number of nitrogens with one attached hydrogen (secondary N) is 1. The van der Waals surface area contributed by atoms with Crippen molar-refractivity contribution in [2.45, 2.75) is 51.1 Å². The van der Waals surface area contributed by atoms with Gasteiger partial charge in [0.05, 0.1) is 6.04 Å². The molecule has 2 aliphatic carbocycles. The van der Waals surface area contributed by atoms with Gasteiger partial charge in [-0.15, -0.1) is 12.4 Å². The predicted octanol–water partition coefficient (Wildman–Crippen LogP) is 2.63. The molecule has 0 saturated heterocycles. The van der Waals surface area contributed by atoms with Crippen molar-refractivity contribution in [3.05, 3.63) is 35.4 Å². The van der Waals surface area contributed by atoms with Gasteiger partial charge in [-0.3, -0.25) is 4.79 Å². The average molecular weight is 309 g/mol. The van der Waals surface area contributed by atoms with Crippen molar-refractivity contribution in [2.24, 2.45) is 17.6 Å². The molecular weight excluding hydrogens is 284 g/mol. The lowest BCUT2D eigenvalue weighted by molar-refractivity contribution is -0.123. The highest BCUT2D eigenvalue weighted by molar-refractivity contribution is 5.85. The maximum atomic E-state index is 12.2. The van der Waals surface area contributed by atoms with Gasteiger partial charge in [0.1, 0.15) is 0 Å². The van der Waals surface area contributed by atoms with E-state index >= 15 is 0 Å². The fourth-order valence-electron chi connectivity index (χ4n) is 3.54. The van der Waals surface area contributed by atoms with Gasteiger partial charge in [-0.25, -0.2) is 0 Å². The van der Waals surface area contributed by atoms with Crippen molar-refractivity contribution in [1.29, 1.82) is 0 Å². The van der Waals surface area contributed by atoms with Gasteiger partial charge < -0.3 is 11.1 Å². The monoisotopic (exact) mass is 308 g/mol. The molecule has 1 fully saturated rings. The number of amides is 1. The number of rotatable bonds is 4. The van der Waals surface area contributed by atoms with Crippen LogP contribution in [0.4, 0.5) is 0 Å². The summed E-state index contributed by atoms with van der Waals surface area (Å²) in [5, 5.41) is 3.19. The summed E-state index contributed by atoms with van der Waals surface area (Å²) in [6.45, 7) is 4.12. The van der Waals surface area contributed by atoms with Crippen LogP contribution in [-0.2, 0) is 11.2 Å². The Hall–Kier alpha value is -1.06. The number of carbonyl (C=O) groups excluding carboxylic acids is 1. The van der Waals surface area contributed by atoms with Gasteiger partial charge in [-0.2, -0.15) is 0 Å². The SMILES string of the molecule is CCC(C)C(N)C(=O)NC1C2CCc3ccccc3C21.Cl. The first kappa shape index (κ1) is 16.3. The molecule has 4 heteroatoms. The summed E-state index contributed by atoms with van der Waals surface area (Å²) >= 11 is 0. The third kappa shape index (κ3) is 2.95. The lowest BCUT2D eigenvalue weighted by Crippen LogP contribution is -2.45. The molecule has 1 saturated carbocycles. The molecule has 1 amide bonds. The summed E-state index contributed by atoms with van der Waals surface area (Å²) in [6, 6.07) is 8.57. The molecule has 116 valence electrons. The first-order valence-electron chi connectivity index (χ1n) is 7.77. The van der Waals surface area contributed by atoms with Crippen molar-refractivity contribution in [2.75, 3.05) is 0 Å². The molecule has 2 aliphatic rings. The van der Waals surface area contributed by atoms with Crippen molar-refractivity contribution in [3.8, 4) is 0 Å². The van der Waals surface area contributed by atoms with Gasteiger partial charge in [0.25, 0.3) is 0 Å². The van der Waals surface area contributed by atoms with E-state index < -0.39 is 0 Å². The van der Waals surface area contributed by atoms with Gasteiger partial charge in [-0.05, 0) is 35.8 Å². The van der Waals surface area contributed by atoms with Crippen LogP contribution in [0.15, 0.2) is 24.3 Å². The van der Waals surface area contributed by atoms with E-state index in [4.69, 9.17) is 5.73 Å². The topological polar surface area (TPSA) is 55.1 Å². The number of carbonyl (C=O) groups is 1. The molecule has 21 heavy (non-hydrogen) atoms. The largest absolute Gasteiger partial charge is 0.351 e. The molecule has 3 nitrogen and oxygen atoms in total. The van der Waals surface area contributed by atoms with Gasteiger partial charge in [0.2, 0.25) is 5.91 Å². The zero-order valence-corrected chi connectivity index (χ0v) is 13.5. The van der Waals surface area contributed by atoms with Crippen LogP contribution in [0.2, 0.25) is 0 Å². The molecular formula is C17H25ClN2O. The van der Waals surface area contributed by atoms with E-state index in [9.17, 15) is 4.79 Å². The fraction of sp³-hybridized carbons (Fsp3) is 0.588. The highest BCUT2D eigenvalue weighted by Crippen LogP contribution is 2.54. The van der Waals surface area contributed by atoms with E-state index in [1.807, 2.05) is 6.92 Å². The Morgan fingerprint density at radius 2 is 2.14 bits per heavy atom. The van der Waals surface area contributed by atoms with Crippen LogP contribution < -0.4 is 11.1 Å². The minimum absolute atomic E-state index is 0. The Balaban J connectivity index is 0.00000161. The lowest BCUT2D eigenvalue weighted by Gasteiger charge is -2.17. The first-order valence-corrected chi connectivity index (χ1v) is 7.77. The normalized spacial score (nSPS) is 28.4. The molecule has 0 heterocycles. The Bertz CT molecular complexity index is 519. The minimum atomic E-state index is -0.377. The molecule has 3 N–H and O–H groups in total. The van der Waals surface area contributed by atoms with Gasteiger partial charge in [0, 0.05) is 12.0 Å². The number of nitrogens with two attached hydrogens (primary N) is 1. The zero-order chi connectivity index (χ0) is 14.3. The molecule has 0 aromatic heterocycles. The van der Waals surface area contributed by atoms with E-state index in [-0.39, 0.29) is 30.3 Å². The van der Waals surface area contributed by atoms with Crippen LogP contribution in [0, 0.1) is 11.8 Å². The molecule has 0 aliphatic heterocycles. The van der Waals surface area contributed by atoms with Gasteiger partial charge in [-0.1, -0.05) is 44.5 Å². The lowest BCUT2D eigenvalue weighted by atomic mass is 9.92. The second kappa shape index (κ2) is 6.37. The first-order chi connectivity index (χ1) is 9.63. The summed E-state index contributed by atoms with van der Waals surface area (Å²) in [7, 11) is 0. The number of hydrogen-bond donors (Lipinski definition) is 2. The number of benzene rings is 1. The van der Waals surface area contributed by atoms with Crippen LogP contribution in [0.3, 0.4) is 0 Å². The standard InChI is InChI=1S/C17H24N2O.ClH/c1-3-10(2)15(18)17(20)19-16-13-9-8-11-6-4-5-7-12(11)14(13)16;/h4-7,10,13-16H,3,8-9,18H2,1-2H3,(H,19,20);1H. The average Bonchev–Trinajstić information content (AvgIpc) is 3.19. The summed E-state index contributed by atoms with van der Waals surface area (Å²) < 4.78 is 0. The zero-order valence-electron chi connectivity index (χ0n) is 12.7. The van der Waals surface area contributed by atoms with Crippen LogP contribution >= 0.6 is 12.4 Å². The molecule has 1 aromatic rings. The molecule has 3 rings (SSSR count). The third-order valence-corrected chi connectivity index (χ3v) is 5.20. The Morgan fingerprint density at radius 1 is 1.43 bits per heavy atom. The van der Waals surface area contributed by atoms with Gasteiger partial charge >= 0.3 is 0 Å². The van der Waals surface area contributed by atoms with Crippen LogP contribution in [0.25, 0.3) is 0 Å². The van der Waals surface area contributed by atoms with Crippen molar-refractivity contribution >= 4 is 18.3 Å². The molecule has 0 bridgehead atoms. The second-order valence-electron chi connectivity index (χ2n) is 6.37. The summed E-state index contributed by atoms with van der Waals surface area (Å²) in [6.07, 6.45) is 3.27. The molecule has 0 spiro atoms. The van der Waals surface area contributed by atoms with Crippen molar-refractivity contribution < 1.29 is 4.79 Å². The fourth-order valence-corrected chi connectivity index (χ4v) is 3.54. The molecule has 5 atom stereocenters. The summed E-state index contributed by atoms with van der Waals surface area (Å²) in [5.74, 6) is 1.41. The third-order valence-electron chi connectivity index (χ3n) is 5.20. The Morgan fingerprint density at radius 3 is 2.86 bits per heavy atom. The maximum Gasteiger partial charge on any atom is 0.237 e. The summed E-state index contributed by atoms with van der Waals surface area (Å²) in [5.41, 5.74) is 8.91.